The van der Waals surface area contributed by atoms with E-state index in [4.69, 9.17) is 4.74 Å². The number of rotatable bonds is 2. The highest BCUT2D eigenvalue weighted by Gasteiger charge is 2.35. The Morgan fingerprint density at radius 2 is 2.25 bits per heavy atom. The minimum absolute atomic E-state index is 0.0834. The molecule has 0 aromatic carbocycles. The van der Waals surface area contributed by atoms with Crippen molar-refractivity contribution in [2.45, 2.75) is 26.8 Å². The van der Waals surface area contributed by atoms with Gasteiger partial charge in [-0.1, -0.05) is 13.8 Å². The second-order valence-corrected chi connectivity index (χ2v) is 3.47. The molecule has 0 bridgehead atoms. The van der Waals surface area contributed by atoms with Crippen LogP contribution in [0.25, 0.3) is 0 Å². The smallest absolute Gasteiger partial charge is 0.323 e. The third-order valence-electron chi connectivity index (χ3n) is 2.62. The van der Waals surface area contributed by atoms with Crippen LogP contribution in [0.1, 0.15) is 20.8 Å². The van der Waals surface area contributed by atoms with Gasteiger partial charge in [0.2, 0.25) is 0 Å². The van der Waals surface area contributed by atoms with Gasteiger partial charge in [0.1, 0.15) is 6.04 Å². The van der Waals surface area contributed by atoms with Crippen molar-refractivity contribution < 1.29 is 9.53 Å². The fourth-order valence-corrected chi connectivity index (χ4v) is 1.54. The van der Waals surface area contributed by atoms with Crippen LogP contribution in [-0.4, -0.2) is 25.2 Å². The fraction of sp³-hybridized carbons (Fsp3) is 0.889. The summed E-state index contributed by atoms with van der Waals surface area (Å²) in [6.07, 6.45) is 0. The summed E-state index contributed by atoms with van der Waals surface area (Å²) in [5.41, 5.74) is 0. The molecule has 0 saturated carbocycles. The molecule has 0 unspecified atom stereocenters. The summed E-state index contributed by atoms with van der Waals surface area (Å²) in [6.45, 7) is 7.47. The molecule has 0 aliphatic carbocycles. The lowest BCUT2D eigenvalue weighted by Gasteiger charge is -2.15. The van der Waals surface area contributed by atoms with E-state index in [1.54, 1.807) is 0 Å². The molecule has 1 fully saturated rings. The van der Waals surface area contributed by atoms with Gasteiger partial charge in [-0.3, -0.25) is 4.79 Å². The Hall–Kier alpha value is -0.570. The lowest BCUT2D eigenvalue weighted by Crippen LogP contribution is -2.36. The quantitative estimate of drug-likeness (QED) is 0.624. The molecule has 1 rings (SSSR count). The Balaban J connectivity index is 2.47. The number of nitrogens with one attached hydrogen (secondary N) is 1. The minimum Gasteiger partial charge on any atom is -0.465 e. The van der Waals surface area contributed by atoms with Gasteiger partial charge in [0, 0.05) is 0 Å². The van der Waals surface area contributed by atoms with Crippen molar-refractivity contribution in [2.75, 3.05) is 13.2 Å². The van der Waals surface area contributed by atoms with Crippen LogP contribution >= 0.6 is 0 Å². The molecule has 1 N–H and O–H groups in total. The minimum atomic E-state index is -0.102. The van der Waals surface area contributed by atoms with Gasteiger partial charge in [-0.05, 0) is 25.3 Å². The van der Waals surface area contributed by atoms with E-state index < -0.39 is 0 Å². The highest BCUT2D eigenvalue weighted by Crippen LogP contribution is 2.21. The van der Waals surface area contributed by atoms with Gasteiger partial charge in [0.25, 0.3) is 0 Å². The molecule has 1 heterocycles. The predicted molar refractivity (Wildman–Crippen MR) is 46.8 cm³/mol. The van der Waals surface area contributed by atoms with Gasteiger partial charge in [0.15, 0.2) is 0 Å². The van der Waals surface area contributed by atoms with Crippen LogP contribution in [0.15, 0.2) is 0 Å². The van der Waals surface area contributed by atoms with E-state index in [0.717, 1.165) is 6.54 Å². The van der Waals surface area contributed by atoms with Crippen molar-refractivity contribution in [1.29, 1.82) is 0 Å². The molecule has 1 aliphatic rings. The Morgan fingerprint density at radius 3 is 2.67 bits per heavy atom. The first kappa shape index (κ1) is 9.52. The van der Waals surface area contributed by atoms with Crippen molar-refractivity contribution in [1.82, 2.24) is 5.32 Å². The fourth-order valence-electron chi connectivity index (χ4n) is 1.54. The lowest BCUT2D eigenvalue weighted by molar-refractivity contribution is -0.146. The first-order valence-electron chi connectivity index (χ1n) is 4.56. The molecule has 3 atom stereocenters. The lowest BCUT2D eigenvalue weighted by atomic mass is 9.94. The maximum atomic E-state index is 11.3. The Bertz CT molecular complexity index is 170. The molecular formula is C9H17NO2. The SMILES string of the molecule is CCOC(=O)[C@H]1NC[C@H](C)[C@@H]1C. The summed E-state index contributed by atoms with van der Waals surface area (Å²) in [7, 11) is 0. The van der Waals surface area contributed by atoms with Crippen LogP contribution in [0.2, 0.25) is 0 Å². The summed E-state index contributed by atoms with van der Waals surface area (Å²) in [5, 5.41) is 3.17. The monoisotopic (exact) mass is 171 g/mol. The van der Waals surface area contributed by atoms with Crippen LogP contribution in [-0.2, 0) is 9.53 Å². The first-order valence-corrected chi connectivity index (χ1v) is 4.56. The molecule has 0 spiro atoms. The summed E-state index contributed by atoms with van der Waals surface area (Å²) in [5.74, 6) is 0.859. The maximum Gasteiger partial charge on any atom is 0.323 e. The molecule has 0 amide bonds. The Kier molecular flexibility index (Phi) is 3.09. The average Bonchev–Trinajstić information content (AvgIpc) is 2.34. The van der Waals surface area contributed by atoms with E-state index >= 15 is 0 Å². The van der Waals surface area contributed by atoms with Crippen LogP contribution in [0.3, 0.4) is 0 Å². The topological polar surface area (TPSA) is 38.3 Å². The number of hydrogen-bond acceptors (Lipinski definition) is 3. The van der Waals surface area contributed by atoms with Gasteiger partial charge in [0.05, 0.1) is 6.61 Å². The zero-order valence-electron chi connectivity index (χ0n) is 7.96. The second-order valence-electron chi connectivity index (χ2n) is 3.47. The normalized spacial score (nSPS) is 35.1. The highest BCUT2D eigenvalue weighted by atomic mass is 16.5. The van der Waals surface area contributed by atoms with Crippen LogP contribution in [0.4, 0.5) is 0 Å². The van der Waals surface area contributed by atoms with Gasteiger partial charge >= 0.3 is 5.97 Å². The molecule has 0 radical (unpaired) electrons. The van der Waals surface area contributed by atoms with Gasteiger partial charge < -0.3 is 10.1 Å². The van der Waals surface area contributed by atoms with Gasteiger partial charge in [-0.15, -0.1) is 0 Å². The zero-order valence-corrected chi connectivity index (χ0v) is 7.96. The van der Waals surface area contributed by atoms with Crippen molar-refractivity contribution in [2.24, 2.45) is 11.8 Å². The number of hydrogen-bond donors (Lipinski definition) is 1. The molecular weight excluding hydrogens is 154 g/mol. The summed E-state index contributed by atoms with van der Waals surface area (Å²) in [4.78, 5) is 11.3. The van der Waals surface area contributed by atoms with E-state index in [1.165, 1.54) is 0 Å². The third-order valence-corrected chi connectivity index (χ3v) is 2.62. The summed E-state index contributed by atoms with van der Waals surface area (Å²) >= 11 is 0. The largest absolute Gasteiger partial charge is 0.465 e. The van der Waals surface area contributed by atoms with Crippen LogP contribution < -0.4 is 5.32 Å². The van der Waals surface area contributed by atoms with Gasteiger partial charge in [-0.25, -0.2) is 0 Å². The predicted octanol–water partition coefficient (Wildman–Crippen LogP) is 0.793. The Labute approximate surface area is 73.5 Å². The molecule has 3 heteroatoms. The van der Waals surface area contributed by atoms with Gasteiger partial charge in [-0.2, -0.15) is 0 Å². The second kappa shape index (κ2) is 3.90. The number of ether oxygens (including phenoxy) is 1. The zero-order chi connectivity index (χ0) is 9.14. The van der Waals surface area contributed by atoms with Crippen molar-refractivity contribution in [3.8, 4) is 0 Å². The van der Waals surface area contributed by atoms with Crippen molar-refractivity contribution in [3.63, 3.8) is 0 Å². The average molecular weight is 171 g/mol. The molecule has 1 saturated heterocycles. The van der Waals surface area contributed by atoms with Crippen LogP contribution in [0, 0.1) is 11.8 Å². The molecule has 3 nitrogen and oxygen atoms in total. The van der Waals surface area contributed by atoms with Crippen molar-refractivity contribution in [3.05, 3.63) is 0 Å². The molecule has 0 aromatic rings. The number of carbonyl (C=O) groups is 1. The summed E-state index contributed by atoms with van der Waals surface area (Å²) < 4.78 is 4.94. The molecule has 0 aromatic heterocycles. The molecule has 1 aliphatic heterocycles. The molecule has 70 valence electrons. The van der Waals surface area contributed by atoms with E-state index in [0.29, 0.717) is 18.4 Å². The van der Waals surface area contributed by atoms with E-state index in [9.17, 15) is 4.79 Å². The Morgan fingerprint density at radius 1 is 1.58 bits per heavy atom. The van der Waals surface area contributed by atoms with E-state index in [2.05, 4.69) is 19.2 Å². The molecule has 12 heavy (non-hydrogen) atoms. The standard InChI is InChI=1S/C9H17NO2/c1-4-12-9(11)8-7(3)6(2)5-10-8/h6-8,10H,4-5H2,1-3H3/t6-,7-,8-/m0/s1. The number of carbonyl (C=O) groups excluding carboxylic acids is 1. The van der Waals surface area contributed by atoms with Crippen molar-refractivity contribution >= 4 is 5.97 Å². The van der Waals surface area contributed by atoms with E-state index in [-0.39, 0.29) is 12.0 Å². The number of esters is 1. The van der Waals surface area contributed by atoms with E-state index in [1.807, 2.05) is 6.92 Å². The maximum absolute atomic E-state index is 11.3. The first-order chi connectivity index (χ1) is 5.66. The highest BCUT2D eigenvalue weighted by molar-refractivity contribution is 5.76. The summed E-state index contributed by atoms with van der Waals surface area (Å²) in [6, 6.07) is -0.0834. The van der Waals surface area contributed by atoms with Crippen LogP contribution in [0.5, 0.6) is 0 Å². The third kappa shape index (κ3) is 1.78.